The molecule has 0 atom stereocenters. The lowest BCUT2D eigenvalue weighted by molar-refractivity contribution is -0.113. The van der Waals surface area contributed by atoms with Gasteiger partial charge in [-0.05, 0) is 30.7 Å². The average molecular weight is 344 g/mol. The Morgan fingerprint density at radius 3 is 3.06 bits per heavy atom. The van der Waals surface area contributed by atoms with Crippen molar-refractivity contribution in [3.05, 3.63) is 33.7 Å². The molecule has 4 nitrogen and oxygen atoms in total. The maximum atomic E-state index is 11.7. The second kappa shape index (κ2) is 6.31. The highest BCUT2D eigenvalue weighted by atomic mass is 79.9. The monoisotopic (exact) mass is 343 g/mol. The van der Waals surface area contributed by atoms with Gasteiger partial charge in [-0.15, -0.1) is 22.0 Å². The van der Waals surface area contributed by atoms with Crippen molar-refractivity contribution in [2.24, 2.45) is 0 Å². The fraction of sp³-hybridized carbons (Fsp3) is 0.182. The van der Waals surface area contributed by atoms with Crippen LogP contribution in [0.1, 0.15) is 5.56 Å². The van der Waals surface area contributed by atoms with Gasteiger partial charge in [-0.1, -0.05) is 27.3 Å². The highest BCUT2D eigenvalue weighted by Gasteiger charge is 2.07. The minimum atomic E-state index is -0.0703. The predicted molar refractivity (Wildman–Crippen MR) is 78.1 cm³/mol. The summed E-state index contributed by atoms with van der Waals surface area (Å²) in [5, 5.41) is 10.7. The second-order valence-electron chi connectivity index (χ2n) is 3.49. The molecule has 0 fully saturated rings. The van der Waals surface area contributed by atoms with Gasteiger partial charge in [0.25, 0.3) is 0 Å². The molecule has 0 aliphatic rings. The van der Waals surface area contributed by atoms with Gasteiger partial charge in [0.15, 0.2) is 0 Å². The third-order valence-electron chi connectivity index (χ3n) is 2.10. The zero-order valence-corrected chi connectivity index (χ0v) is 12.7. The van der Waals surface area contributed by atoms with Gasteiger partial charge in [0, 0.05) is 9.37 Å². The second-order valence-corrected chi connectivity index (χ2v) is 6.26. The van der Waals surface area contributed by atoms with Crippen molar-refractivity contribution in [3.63, 3.8) is 0 Å². The van der Waals surface area contributed by atoms with Gasteiger partial charge in [0.2, 0.25) is 11.0 Å². The quantitative estimate of drug-likeness (QED) is 0.865. The zero-order chi connectivity index (χ0) is 13.0. The van der Waals surface area contributed by atoms with Gasteiger partial charge in [-0.3, -0.25) is 10.1 Å². The topological polar surface area (TPSA) is 54.9 Å². The Morgan fingerprint density at radius 2 is 2.39 bits per heavy atom. The van der Waals surface area contributed by atoms with Crippen molar-refractivity contribution in [2.75, 3.05) is 11.1 Å². The Bertz CT molecular complexity index is 545. The van der Waals surface area contributed by atoms with Crippen molar-refractivity contribution in [3.8, 4) is 0 Å². The zero-order valence-electron chi connectivity index (χ0n) is 9.51. The number of hydrogen-bond acceptors (Lipinski definition) is 5. The number of benzene rings is 1. The summed E-state index contributed by atoms with van der Waals surface area (Å²) < 4.78 is 1.04. The number of aromatic nitrogens is 2. The molecule has 1 heterocycles. The molecule has 0 bridgehead atoms. The number of carbonyl (C=O) groups is 1. The normalized spacial score (nSPS) is 10.3. The largest absolute Gasteiger partial charge is 0.300 e. The number of aryl methyl sites for hydroxylation is 1. The molecule has 7 heteroatoms. The van der Waals surface area contributed by atoms with E-state index in [0.29, 0.717) is 10.9 Å². The first-order valence-electron chi connectivity index (χ1n) is 5.10. The van der Waals surface area contributed by atoms with Crippen LogP contribution in [0.4, 0.5) is 5.13 Å². The van der Waals surface area contributed by atoms with Gasteiger partial charge in [-0.2, -0.15) is 0 Å². The van der Waals surface area contributed by atoms with Crippen LogP contribution in [0.5, 0.6) is 0 Å². The lowest BCUT2D eigenvalue weighted by Crippen LogP contribution is -2.13. The molecular formula is C11H10BrN3OS2. The molecule has 94 valence electrons. The van der Waals surface area contributed by atoms with Crippen LogP contribution in [0.15, 0.2) is 33.1 Å². The van der Waals surface area contributed by atoms with Crippen LogP contribution in [0.25, 0.3) is 0 Å². The molecule has 2 aromatic rings. The molecule has 1 amide bonds. The van der Waals surface area contributed by atoms with Crippen LogP contribution in [-0.2, 0) is 4.79 Å². The van der Waals surface area contributed by atoms with E-state index in [1.54, 1.807) is 5.51 Å². The first-order chi connectivity index (χ1) is 8.65. The SMILES string of the molecule is Cc1cc(Br)ccc1SCC(=O)Nc1nncs1. The summed E-state index contributed by atoms with van der Waals surface area (Å²) in [5.74, 6) is 0.293. The van der Waals surface area contributed by atoms with Crippen molar-refractivity contribution >= 4 is 50.1 Å². The summed E-state index contributed by atoms with van der Waals surface area (Å²) in [6, 6.07) is 6.01. The predicted octanol–water partition coefficient (Wildman–Crippen LogP) is 3.34. The number of anilines is 1. The van der Waals surface area contributed by atoms with E-state index in [2.05, 4.69) is 31.4 Å². The van der Waals surface area contributed by atoms with Crippen molar-refractivity contribution in [1.29, 1.82) is 0 Å². The molecule has 1 aromatic heterocycles. The molecule has 18 heavy (non-hydrogen) atoms. The Kier molecular flexibility index (Phi) is 4.73. The molecule has 0 aliphatic carbocycles. The van der Waals surface area contributed by atoms with E-state index in [-0.39, 0.29) is 5.91 Å². The number of rotatable bonds is 4. The van der Waals surface area contributed by atoms with Crippen LogP contribution in [0.2, 0.25) is 0 Å². The van der Waals surface area contributed by atoms with E-state index in [1.165, 1.54) is 23.1 Å². The number of carbonyl (C=O) groups excluding carboxylic acids is 1. The van der Waals surface area contributed by atoms with Crippen LogP contribution in [0.3, 0.4) is 0 Å². The molecule has 0 unspecified atom stereocenters. The first kappa shape index (κ1) is 13.5. The van der Waals surface area contributed by atoms with E-state index in [9.17, 15) is 4.79 Å². The molecule has 0 saturated heterocycles. The molecule has 0 spiro atoms. The average Bonchev–Trinajstić information content (AvgIpc) is 2.80. The van der Waals surface area contributed by atoms with Crippen molar-refractivity contribution < 1.29 is 4.79 Å². The van der Waals surface area contributed by atoms with Crippen LogP contribution < -0.4 is 5.32 Å². The Hall–Kier alpha value is -0.920. The van der Waals surface area contributed by atoms with Gasteiger partial charge in [0.1, 0.15) is 5.51 Å². The number of thioether (sulfide) groups is 1. The Labute approximate surface area is 121 Å². The van der Waals surface area contributed by atoms with E-state index >= 15 is 0 Å². The standard InChI is InChI=1S/C11H10BrN3OS2/c1-7-4-8(12)2-3-9(7)17-5-10(16)14-11-15-13-6-18-11/h2-4,6H,5H2,1H3,(H,14,15,16). The summed E-state index contributed by atoms with van der Waals surface area (Å²) in [4.78, 5) is 12.8. The summed E-state index contributed by atoms with van der Waals surface area (Å²) in [6.45, 7) is 2.02. The Morgan fingerprint density at radius 1 is 1.56 bits per heavy atom. The molecular weight excluding hydrogens is 334 g/mol. The van der Waals surface area contributed by atoms with Gasteiger partial charge in [0.05, 0.1) is 5.75 Å². The van der Waals surface area contributed by atoms with Gasteiger partial charge < -0.3 is 0 Å². The first-order valence-corrected chi connectivity index (χ1v) is 7.76. The third-order valence-corrected chi connectivity index (χ3v) is 4.38. The maximum Gasteiger partial charge on any atom is 0.236 e. The number of halogens is 1. The third kappa shape index (κ3) is 3.79. The van der Waals surface area contributed by atoms with Crippen molar-refractivity contribution in [1.82, 2.24) is 10.2 Å². The molecule has 1 N–H and O–H groups in total. The van der Waals surface area contributed by atoms with Crippen LogP contribution in [-0.4, -0.2) is 21.9 Å². The van der Waals surface area contributed by atoms with Crippen molar-refractivity contribution in [2.45, 2.75) is 11.8 Å². The number of hydrogen-bond donors (Lipinski definition) is 1. The van der Waals surface area contributed by atoms with Crippen LogP contribution >= 0.6 is 39.0 Å². The maximum absolute atomic E-state index is 11.7. The van der Waals surface area contributed by atoms with E-state index in [4.69, 9.17) is 0 Å². The van der Waals surface area contributed by atoms with E-state index in [0.717, 1.165) is 14.9 Å². The summed E-state index contributed by atoms with van der Waals surface area (Å²) in [7, 11) is 0. The lowest BCUT2D eigenvalue weighted by Gasteiger charge is -2.05. The Balaban J connectivity index is 1.89. The smallest absolute Gasteiger partial charge is 0.236 e. The number of nitrogens with zero attached hydrogens (tertiary/aromatic N) is 2. The number of nitrogens with one attached hydrogen (secondary N) is 1. The van der Waals surface area contributed by atoms with Gasteiger partial charge >= 0.3 is 0 Å². The van der Waals surface area contributed by atoms with Gasteiger partial charge in [-0.25, -0.2) is 0 Å². The minimum Gasteiger partial charge on any atom is -0.300 e. The highest BCUT2D eigenvalue weighted by Crippen LogP contribution is 2.25. The fourth-order valence-corrected chi connectivity index (χ4v) is 3.05. The summed E-state index contributed by atoms with van der Waals surface area (Å²) in [6.07, 6.45) is 0. The molecule has 0 radical (unpaired) electrons. The van der Waals surface area contributed by atoms with E-state index in [1.807, 2.05) is 25.1 Å². The lowest BCUT2D eigenvalue weighted by atomic mass is 10.2. The number of amides is 1. The highest BCUT2D eigenvalue weighted by molar-refractivity contribution is 9.10. The molecule has 1 aromatic carbocycles. The minimum absolute atomic E-state index is 0.0703. The molecule has 0 saturated carbocycles. The van der Waals surface area contributed by atoms with Crippen LogP contribution in [0, 0.1) is 6.92 Å². The summed E-state index contributed by atoms with van der Waals surface area (Å²) >= 11 is 6.23. The molecule has 2 rings (SSSR count). The molecule has 0 aliphatic heterocycles. The fourth-order valence-electron chi connectivity index (χ4n) is 1.30. The van der Waals surface area contributed by atoms with E-state index < -0.39 is 0 Å². The summed E-state index contributed by atoms with van der Waals surface area (Å²) in [5.41, 5.74) is 2.74.